The Kier molecular flexibility index (Phi) is 6.31. The molecule has 0 bridgehead atoms. The first-order valence-electron chi connectivity index (χ1n) is 6.41. The number of nitrogens with one attached hydrogen (secondary N) is 1. The summed E-state index contributed by atoms with van der Waals surface area (Å²) in [4.78, 5) is 0. The van der Waals surface area contributed by atoms with Crippen LogP contribution in [0.5, 0.6) is 0 Å². The van der Waals surface area contributed by atoms with Crippen LogP contribution in [0.2, 0.25) is 0 Å². The Balaban J connectivity index is 2.22. The molecule has 0 aromatic heterocycles. The molecule has 1 rings (SSSR count). The zero-order valence-electron chi connectivity index (χ0n) is 10.2. The van der Waals surface area contributed by atoms with Gasteiger partial charge in [0.25, 0.3) is 10.2 Å². The van der Waals surface area contributed by atoms with Gasteiger partial charge < -0.3 is 0 Å². The van der Waals surface area contributed by atoms with E-state index in [4.69, 9.17) is 0 Å². The summed E-state index contributed by atoms with van der Waals surface area (Å²) < 4.78 is 27.9. The van der Waals surface area contributed by atoms with Crippen molar-refractivity contribution in [2.24, 2.45) is 0 Å². The van der Waals surface area contributed by atoms with Gasteiger partial charge in [0.05, 0.1) is 0 Å². The summed E-state index contributed by atoms with van der Waals surface area (Å²) in [6, 6.07) is 0. The first-order chi connectivity index (χ1) is 7.67. The fourth-order valence-electron chi connectivity index (χ4n) is 1.95. The molecule has 0 aliphatic carbocycles. The third kappa shape index (κ3) is 4.80. The predicted octanol–water partition coefficient (Wildman–Crippen LogP) is 1.89. The molecule has 1 aliphatic rings. The van der Waals surface area contributed by atoms with E-state index in [1.54, 1.807) is 4.31 Å². The fourth-order valence-corrected chi connectivity index (χ4v) is 3.27. The average Bonchev–Trinajstić information content (AvgIpc) is 2.30. The van der Waals surface area contributed by atoms with E-state index in [2.05, 4.69) is 11.6 Å². The average molecular weight is 248 g/mol. The van der Waals surface area contributed by atoms with Crippen molar-refractivity contribution in [2.45, 2.75) is 51.9 Å². The Bertz CT molecular complexity index is 272. The highest BCUT2D eigenvalue weighted by atomic mass is 32.2. The van der Waals surface area contributed by atoms with Crippen LogP contribution in [0.4, 0.5) is 0 Å². The van der Waals surface area contributed by atoms with Gasteiger partial charge in [0, 0.05) is 19.6 Å². The highest BCUT2D eigenvalue weighted by Crippen LogP contribution is 2.11. The minimum atomic E-state index is -3.19. The largest absolute Gasteiger partial charge is 0.279 e. The standard InChI is InChI=1S/C11H24N2O2S/c1-2-3-4-6-9-12-16(14,15)13-10-7-5-8-11-13/h12H,2-11H2,1H3. The van der Waals surface area contributed by atoms with Crippen molar-refractivity contribution in [3.05, 3.63) is 0 Å². The molecular formula is C11H24N2O2S. The lowest BCUT2D eigenvalue weighted by Crippen LogP contribution is -2.43. The van der Waals surface area contributed by atoms with Gasteiger partial charge in [-0.05, 0) is 19.3 Å². The van der Waals surface area contributed by atoms with Crippen molar-refractivity contribution in [1.82, 2.24) is 9.03 Å². The lowest BCUT2D eigenvalue weighted by Gasteiger charge is -2.25. The van der Waals surface area contributed by atoms with Crippen LogP contribution in [0.3, 0.4) is 0 Å². The van der Waals surface area contributed by atoms with Gasteiger partial charge in [-0.1, -0.05) is 32.6 Å². The quantitative estimate of drug-likeness (QED) is 0.699. The number of unbranched alkanes of at least 4 members (excludes halogenated alkanes) is 3. The van der Waals surface area contributed by atoms with E-state index < -0.39 is 10.2 Å². The SMILES string of the molecule is CCCCCCNS(=O)(=O)N1CCCCC1. The monoisotopic (exact) mass is 248 g/mol. The van der Waals surface area contributed by atoms with Crippen LogP contribution in [0.1, 0.15) is 51.9 Å². The van der Waals surface area contributed by atoms with Gasteiger partial charge in [-0.2, -0.15) is 12.7 Å². The molecule has 1 saturated heterocycles. The molecule has 0 aromatic carbocycles. The van der Waals surface area contributed by atoms with Gasteiger partial charge >= 0.3 is 0 Å². The maximum Gasteiger partial charge on any atom is 0.279 e. The maximum absolute atomic E-state index is 11.8. The second kappa shape index (κ2) is 7.25. The minimum absolute atomic E-state index is 0.582. The summed E-state index contributed by atoms with van der Waals surface area (Å²) in [7, 11) is -3.19. The molecule has 4 nitrogen and oxygen atoms in total. The smallest absolute Gasteiger partial charge is 0.202 e. The minimum Gasteiger partial charge on any atom is -0.202 e. The van der Waals surface area contributed by atoms with Crippen LogP contribution >= 0.6 is 0 Å². The van der Waals surface area contributed by atoms with Crippen molar-refractivity contribution in [3.8, 4) is 0 Å². The van der Waals surface area contributed by atoms with Crippen LogP contribution in [-0.4, -0.2) is 32.4 Å². The van der Waals surface area contributed by atoms with E-state index in [9.17, 15) is 8.42 Å². The summed E-state index contributed by atoms with van der Waals surface area (Å²) in [6.07, 6.45) is 7.57. The molecule has 0 aromatic rings. The molecular weight excluding hydrogens is 224 g/mol. The second-order valence-electron chi connectivity index (χ2n) is 4.42. The second-order valence-corrected chi connectivity index (χ2v) is 6.17. The van der Waals surface area contributed by atoms with E-state index >= 15 is 0 Å². The number of hydrogen-bond donors (Lipinski definition) is 1. The molecule has 0 atom stereocenters. The summed E-state index contributed by atoms with van der Waals surface area (Å²) >= 11 is 0. The van der Waals surface area contributed by atoms with E-state index in [-0.39, 0.29) is 0 Å². The number of rotatable bonds is 7. The van der Waals surface area contributed by atoms with Crippen LogP contribution in [0, 0.1) is 0 Å². The summed E-state index contributed by atoms with van der Waals surface area (Å²) in [5.74, 6) is 0. The Hall–Kier alpha value is -0.130. The highest BCUT2D eigenvalue weighted by molar-refractivity contribution is 7.87. The molecule has 96 valence electrons. The number of hydrogen-bond acceptors (Lipinski definition) is 2. The lowest BCUT2D eigenvalue weighted by atomic mass is 10.2. The van der Waals surface area contributed by atoms with Gasteiger partial charge in [-0.25, -0.2) is 4.72 Å². The van der Waals surface area contributed by atoms with Crippen molar-refractivity contribution in [3.63, 3.8) is 0 Å². The molecule has 1 aliphatic heterocycles. The molecule has 0 spiro atoms. The first kappa shape index (κ1) is 13.9. The van der Waals surface area contributed by atoms with E-state index in [1.165, 1.54) is 12.8 Å². The van der Waals surface area contributed by atoms with Gasteiger partial charge in [0.1, 0.15) is 0 Å². The van der Waals surface area contributed by atoms with Crippen LogP contribution in [0.25, 0.3) is 0 Å². The van der Waals surface area contributed by atoms with Gasteiger partial charge in [-0.3, -0.25) is 0 Å². The Morgan fingerprint density at radius 2 is 1.75 bits per heavy atom. The topological polar surface area (TPSA) is 49.4 Å². The van der Waals surface area contributed by atoms with Crippen molar-refractivity contribution < 1.29 is 8.42 Å². The Morgan fingerprint density at radius 3 is 2.38 bits per heavy atom. The molecule has 1 heterocycles. The molecule has 0 saturated carbocycles. The Morgan fingerprint density at radius 1 is 1.06 bits per heavy atom. The molecule has 0 radical (unpaired) electrons. The molecule has 16 heavy (non-hydrogen) atoms. The van der Waals surface area contributed by atoms with E-state index in [0.717, 1.165) is 32.1 Å². The van der Waals surface area contributed by atoms with Crippen LogP contribution < -0.4 is 4.72 Å². The molecule has 0 amide bonds. The van der Waals surface area contributed by atoms with E-state index in [0.29, 0.717) is 19.6 Å². The van der Waals surface area contributed by atoms with E-state index in [1.807, 2.05) is 0 Å². The zero-order valence-corrected chi connectivity index (χ0v) is 11.1. The van der Waals surface area contributed by atoms with Crippen molar-refractivity contribution >= 4 is 10.2 Å². The van der Waals surface area contributed by atoms with Crippen LogP contribution in [0.15, 0.2) is 0 Å². The highest BCUT2D eigenvalue weighted by Gasteiger charge is 2.22. The van der Waals surface area contributed by atoms with Gasteiger partial charge in [-0.15, -0.1) is 0 Å². The molecule has 5 heteroatoms. The third-order valence-electron chi connectivity index (χ3n) is 2.97. The predicted molar refractivity (Wildman–Crippen MR) is 66.5 cm³/mol. The van der Waals surface area contributed by atoms with Crippen LogP contribution in [-0.2, 0) is 10.2 Å². The fraction of sp³-hybridized carbons (Fsp3) is 1.00. The number of nitrogens with zero attached hydrogens (tertiary/aromatic N) is 1. The van der Waals surface area contributed by atoms with Gasteiger partial charge in [0.2, 0.25) is 0 Å². The molecule has 0 unspecified atom stereocenters. The molecule has 1 N–H and O–H groups in total. The summed E-state index contributed by atoms with van der Waals surface area (Å²) in [5.41, 5.74) is 0. The summed E-state index contributed by atoms with van der Waals surface area (Å²) in [5, 5.41) is 0. The van der Waals surface area contributed by atoms with Gasteiger partial charge in [0.15, 0.2) is 0 Å². The summed E-state index contributed by atoms with van der Waals surface area (Å²) in [6.45, 7) is 4.10. The first-order valence-corrected chi connectivity index (χ1v) is 7.85. The van der Waals surface area contributed by atoms with Crippen molar-refractivity contribution in [1.29, 1.82) is 0 Å². The lowest BCUT2D eigenvalue weighted by molar-refractivity contribution is 0.341. The normalized spacial score (nSPS) is 18.8. The zero-order chi connectivity index (χ0) is 11.9. The Labute approximate surface area is 99.6 Å². The molecule has 1 fully saturated rings. The van der Waals surface area contributed by atoms with Crippen molar-refractivity contribution in [2.75, 3.05) is 19.6 Å². The third-order valence-corrected chi connectivity index (χ3v) is 4.58. The maximum atomic E-state index is 11.8. The number of piperidine rings is 1.